The fourth-order valence-corrected chi connectivity index (χ4v) is 3.19. The van der Waals surface area contributed by atoms with Gasteiger partial charge in [0.2, 0.25) is 6.79 Å². The van der Waals surface area contributed by atoms with E-state index in [0.717, 1.165) is 36.5 Å². The van der Waals surface area contributed by atoms with Crippen molar-refractivity contribution in [2.75, 3.05) is 23.6 Å². The van der Waals surface area contributed by atoms with E-state index in [0.29, 0.717) is 5.75 Å². The number of fused-ring (bicyclic) bond motifs is 2. The van der Waals surface area contributed by atoms with Crippen molar-refractivity contribution in [2.24, 2.45) is 0 Å². The van der Waals surface area contributed by atoms with Crippen LogP contribution in [-0.4, -0.2) is 24.8 Å². The Hall–Kier alpha value is -1.91. The molecule has 1 aromatic carbocycles. The van der Waals surface area contributed by atoms with Crippen molar-refractivity contribution >= 4 is 17.3 Å². The van der Waals surface area contributed by atoms with E-state index in [2.05, 4.69) is 12.2 Å². The van der Waals surface area contributed by atoms with E-state index in [1.165, 1.54) is 19.3 Å². The number of anilines is 2. The number of benzene rings is 1. The zero-order valence-corrected chi connectivity index (χ0v) is 14.3. The Morgan fingerprint density at radius 2 is 1.83 bits per heavy atom. The third-order valence-electron chi connectivity index (χ3n) is 4.49. The van der Waals surface area contributed by atoms with E-state index < -0.39 is 5.54 Å². The molecule has 0 saturated carbocycles. The van der Waals surface area contributed by atoms with E-state index in [-0.39, 0.29) is 12.7 Å². The van der Waals surface area contributed by atoms with E-state index in [1.807, 2.05) is 30.9 Å². The van der Waals surface area contributed by atoms with Gasteiger partial charge in [0.15, 0.2) is 11.5 Å². The van der Waals surface area contributed by atoms with Crippen LogP contribution in [0.5, 0.6) is 11.5 Å². The molecule has 0 aromatic heterocycles. The summed E-state index contributed by atoms with van der Waals surface area (Å²) in [7, 11) is 0. The average molecular weight is 318 g/mol. The summed E-state index contributed by atoms with van der Waals surface area (Å²) in [5, 5.41) is 3.33. The molecule has 0 spiro atoms. The number of amides is 1. The Labute approximate surface area is 137 Å². The molecule has 0 fully saturated rings. The standard InChI is InChI=1S/C18H26N2O3/c1-4-5-6-7-8-9-20-14-11-16-15(22-12-23-16)10-13(14)19-18(2,3)17(20)21/h10-11,19H,4-9,12H2,1-3H3. The Bertz CT molecular complexity index is 598. The summed E-state index contributed by atoms with van der Waals surface area (Å²) in [6, 6.07) is 3.86. The van der Waals surface area contributed by atoms with E-state index >= 15 is 0 Å². The number of ether oxygens (including phenoxy) is 2. The van der Waals surface area contributed by atoms with Crippen molar-refractivity contribution in [3.05, 3.63) is 12.1 Å². The molecule has 0 aliphatic carbocycles. The van der Waals surface area contributed by atoms with Gasteiger partial charge in [-0.3, -0.25) is 4.79 Å². The van der Waals surface area contributed by atoms with Crippen LogP contribution in [0.3, 0.4) is 0 Å². The molecular weight excluding hydrogens is 292 g/mol. The zero-order valence-electron chi connectivity index (χ0n) is 14.3. The smallest absolute Gasteiger partial charge is 0.252 e. The molecule has 1 N–H and O–H groups in total. The number of nitrogens with one attached hydrogen (secondary N) is 1. The molecule has 5 heteroatoms. The second kappa shape index (κ2) is 6.30. The van der Waals surface area contributed by atoms with E-state index in [4.69, 9.17) is 9.47 Å². The van der Waals surface area contributed by atoms with Crippen LogP contribution in [0.4, 0.5) is 11.4 Å². The molecule has 0 bridgehead atoms. The lowest BCUT2D eigenvalue weighted by atomic mass is 9.97. The summed E-state index contributed by atoms with van der Waals surface area (Å²) in [4.78, 5) is 14.7. The van der Waals surface area contributed by atoms with Gasteiger partial charge >= 0.3 is 0 Å². The normalized spacial score (nSPS) is 17.9. The van der Waals surface area contributed by atoms with Crippen molar-refractivity contribution in [1.29, 1.82) is 0 Å². The SMILES string of the molecule is CCCCCCCN1C(=O)C(C)(C)Nc2cc3c(cc21)OCO3. The second-order valence-electron chi connectivity index (χ2n) is 6.84. The minimum absolute atomic E-state index is 0.111. The Morgan fingerprint density at radius 1 is 1.13 bits per heavy atom. The van der Waals surface area contributed by atoms with Gasteiger partial charge in [-0.2, -0.15) is 0 Å². The van der Waals surface area contributed by atoms with E-state index in [1.54, 1.807) is 0 Å². The minimum Gasteiger partial charge on any atom is -0.454 e. The highest BCUT2D eigenvalue weighted by Gasteiger charge is 2.39. The Morgan fingerprint density at radius 3 is 2.57 bits per heavy atom. The van der Waals surface area contributed by atoms with Crippen molar-refractivity contribution in [1.82, 2.24) is 0 Å². The largest absolute Gasteiger partial charge is 0.454 e. The fraction of sp³-hybridized carbons (Fsp3) is 0.611. The van der Waals surface area contributed by atoms with Gasteiger partial charge in [0.05, 0.1) is 11.4 Å². The molecule has 3 rings (SSSR count). The highest BCUT2D eigenvalue weighted by molar-refractivity contribution is 6.07. The number of unbranched alkanes of at least 4 members (excludes halogenated alkanes) is 4. The monoisotopic (exact) mass is 318 g/mol. The van der Waals surface area contributed by atoms with Crippen LogP contribution < -0.4 is 19.7 Å². The summed E-state index contributed by atoms with van der Waals surface area (Å²) >= 11 is 0. The number of carbonyl (C=O) groups excluding carboxylic acids is 1. The lowest BCUT2D eigenvalue weighted by molar-refractivity contribution is -0.122. The van der Waals surface area contributed by atoms with Gasteiger partial charge in [0.1, 0.15) is 5.54 Å². The van der Waals surface area contributed by atoms with Crippen LogP contribution in [0.1, 0.15) is 52.9 Å². The van der Waals surface area contributed by atoms with Crippen molar-refractivity contribution in [3.63, 3.8) is 0 Å². The van der Waals surface area contributed by atoms with Gasteiger partial charge in [-0.15, -0.1) is 0 Å². The van der Waals surface area contributed by atoms with Crippen molar-refractivity contribution in [2.45, 2.75) is 58.4 Å². The first-order valence-electron chi connectivity index (χ1n) is 8.56. The third kappa shape index (κ3) is 3.09. The highest BCUT2D eigenvalue weighted by Crippen LogP contribution is 2.44. The zero-order chi connectivity index (χ0) is 16.4. The first-order chi connectivity index (χ1) is 11.0. The maximum absolute atomic E-state index is 12.8. The summed E-state index contributed by atoms with van der Waals surface area (Å²) in [5.74, 6) is 1.57. The lowest BCUT2D eigenvalue weighted by Crippen LogP contribution is -2.54. The van der Waals surface area contributed by atoms with Crippen molar-refractivity contribution < 1.29 is 14.3 Å². The third-order valence-corrected chi connectivity index (χ3v) is 4.49. The molecule has 5 nitrogen and oxygen atoms in total. The first kappa shape index (κ1) is 16.0. The molecule has 0 unspecified atom stereocenters. The van der Waals surface area contributed by atoms with Crippen LogP contribution in [0, 0.1) is 0 Å². The van der Waals surface area contributed by atoms with Gasteiger partial charge in [-0.05, 0) is 20.3 Å². The number of hydrogen-bond donors (Lipinski definition) is 1. The Kier molecular flexibility index (Phi) is 4.37. The summed E-state index contributed by atoms with van der Waals surface area (Å²) in [6.45, 7) is 7.05. The van der Waals surface area contributed by atoms with Gasteiger partial charge in [-0.25, -0.2) is 0 Å². The van der Waals surface area contributed by atoms with Gasteiger partial charge in [0, 0.05) is 18.7 Å². The predicted molar refractivity (Wildman–Crippen MR) is 91.4 cm³/mol. The molecule has 0 radical (unpaired) electrons. The maximum Gasteiger partial charge on any atom is 0.252 e. The molecule has 0 saturated heterocycles. The predicted octanol–water partition coefficient (Wildman–Crippen LogP) is 3.92. The first-order valence-corrected chi connectivity index (χ1v) is 8.56. The fourth-order valence-electron chi connectivity index (χ4n) is 3.19. The summed E-state index contributed by atoms with van der Waals surface area (Å²) in [6.07, 6.45) is 5.90. The molecule has 1 amide bonds. The van der Waals surface area contributed by atoms with Crippen LogP contribution in [-0.2, 0) is 4.79 Å². The summed E-state index contributed by atoms with van der Waals surface area (Å²) in [5.41, 5.74) is 1.23. The van der Waals surface area contributed by atoms with Gasteiger partial charge < -0.3 is 19.7 Å². The van der Waals surface area contributed by atoms with Crippen LogP contribution in [0.15, 0.2) is 12.1 Å². The van der Waals surface area contributed by atoms with Crippen LogP contribution >= 0.6 is 0 Å². The molecule has 126 valence electrons. The molecule has 23 heavy (non-hydrogen) atoms. The molecule has 0 atom stereocenters. The van der Waals surface area contributed by atoms with Crippen LogP contribution in [0.2, 0.25) is 0 Å². The number of nitrogens with zero attached hydrogens (tertiary/aromatic N) is 1. The average Bonchev–Trinajstić information content (AvgIpc) is 2.95. The van der Waals surface area contributed by atoms with Crippen LogP contribution in [0.25, 0.3) is 0 Å². The summed E-state index contributed by atoms with van der Waals surface area (Å²) < 4.78 is 10.9. The molecule has 2 aliphatic heterocycles. The Balaban J connectivity index is 1.81. The van der Waals surface area contributed by atoms with E-state index in [9.17, 15) is 4.79 Å². The second-order valence-corrected chi connectivity index (χ2v) is 6.84. The maximum atomic E-state index is 12.8. The number of hydrogen-bond acceptors (Lipinski definition) is 4. The topological polar surface area (TPSA) is 50.8 Å². The minimum atomic E-state index is -0.607. The van der Waals surface area contributed by atoms with Gasteiger partial charge in [0.25, 0.3) is 5.91 Å². The van der Waals surface area contributed by atoms with Crippen molar-refractivity contribution in [3.8, 4) is 11.5 Å². The highest BCUT2D eigenvalue weighted by atomic mass is 16.7. The lowest BCUT2D eigenvalue weighted by Gasteiger charge is -2.40. The molecule has 2 heterocycles. The number of carbonyl (C=O) groups is 1. The van der Waals surface area contributed by atoms with Gasteiger partial charge in [-0.1, -0.05) is 32.6 Å². The number of rotatable bonds is 6. The quantitative estimate of drug-likeness (QED) is 0.808. The molecule has 1 aromatic rings. The molecule has 2 aliphatic rings. The molecular formula is C18H26N2O3.